The van der Waals surface area contributed by atoms with E-state index in [9.17, 15) is 0 Å². The van der Waals surface area contributed by atoms with Crippen molar-refractivity contribution in [2.24, 2.45) is 10.7 Å². The van der Waals surface area contributed by atoms with Crippen LogP contribution in [0.2, 0.25) is 0 Å². The molecule has 0 saturated heterocycles. The second-order valence-corrected chi connectivity index (χ2v) is 5.58. The lowest BCUT2D eigenvalue weighted by Gasteiger charge is -2.30. The summed E-state index contributed by atoms with van der Waals surface area (Å²) in [5.74, 6) is 0.658. The first kappa shape index (κ1) is 12.4. The fourth-order valence-corrected chi connectivity index (χ4v) is 2.52. The van der Waals surface area contributed by atoms with Gasteiger partial charge in [-0.1, -0.05) is 28.1 Å². The minimum atomic E-state index is 0.279. The predicted octanol–water partition coefficient (Wildman–Crippen LogP) is 2.84. The van der Waals surface area contributed by atoms with Crippen LogP contribution in [0.1, 0.15) is 31.0 Å². The summed E-state index contributed by atoms with van der Waals surface area (Å²) in [5, 5.41) is 0. The van der Waals surface area contributed by atoms with Crippen LogP contribution in [0.4, 0.5) is 0 Å². The molecule has 0 fully saturated rings. The fourth-order valence-electron chi connectivity index (χ4n) is 2.27. The number of nitrogens with two attached hydrogens (primary N) is 1. The Labute approximate surface area is 111 Å². The van der Waals surface area contributed by atoms with Crippen molar-refractivity contribution in [3.8, 4) is 0 Å². The molecule has 0 aliphatic carbocycles. The predicted molar refractivity (Wildman–Crippen MR) is 75.1 cm³/mol. The van der Waals surface area contributed by atoms with E-state index in [0.717, 1.165) is 11.0 Å². The number of aliphatic imine (C=N–C) groups is 1. The van der Waals surface area contributed by atoms with Gasteiger partial charge < -0.3 is 10.6 Å². The smallest absolute Gasteiger partial charge is 0.192 e. The topological polar surface area (TPSA) is 41.6 Å². The number of aryl methyl sites for hydroxylation is 1. The second-order valence-electron chi connectivity index (χ2n) is 4.72. The maximum atomic E-state index is 5.94. The van der Waals surface area contributed by atoms with Crippen LogP contribution in [-0.4, -0.2) is 23.4 Å². The highest BCUT2D eigenvalue weighted by molar-refractivity contribution is 9.10. The lowest BCUT2D eigenvalue weighted by atomic mass is 10.0. The Hall–Kier alpha value is -1.03. The van der Waals surface area contributed by atoms with Crippen LogP contribution >= 0.6 is 15.9 Å². The van der Waals surface area contributed by atoms with Crippen molar-refractivity contribution in [2.45, 2.75) is 32.9 Å². The van der Waals surface area contributed by atoms with Crippen molar-refractivity contribution in [3.63, 3.8) is 0 Å². The van der Waals surface area contributed by atoms with Gasteiger partial charge in [0.1, 0.15) is 0 Å². The van der Waals surface area contributed by atoms with Gasteiger partial charge in [0.15, 0.2) is 5.96 Å². The standard InChI is InChI=1S/C13H18BrN3/c1-8(2)17-12(7-16-13(17)15)10-4-5-11(14)9(3)6-10/h4-6,8,12H,7H2,1-3H3,(H2,15,16). The summed E-state index contributed by atoms with van der Waals surface area (Å²) >= 11 is 3.53. The molecule has 1 aliphatic rings. The van der Waals surface area contributed by atoms with E-state index in [2.05, 4.69) is 64.8 Å². The first-order valence-electron chi connectivity index (χ1n) is 5.85. The number of hydrogen-bond acceptors (Lipinski definition) is 3. The minimum absolute atomic E-state index is 0.279. The van der Waals surface area contributed by atoms with E-state index in [1.54, 1.807) is 0 Å². The first-order chi connectivity index (χ1) is 8.00. The molecule has 2 N–H and O–H groups in total. The Kier molecular flexibility index (Phi) is 3.43. The summed E-state index contributed by atoms with van der Waals surface area (Å²) in [5.41, 5.74) is 8.47. The van der Waals surface area contributed by atoms with Crippen LogP contribution in [-0.2, 0) is 0 Å². The number of nitrogens with zero attached hydrogens (tertiary/aromatic N) is 2. The highest BCUT2D eigenvalue weighted by Gasteiger charge is 2.29. The third-order valence-electron chi connectivity index (χ3n) is 3.15. The molecule has 4 heteroatoms. The number of halogens is 1. The lowest BCUT2D eigenvalue weighted by molar-refractivity contribution is 0.290. The Morgan fingerprint density at radius 1 is 1.47 bits per heavy atom. The number of rotatable bonds is 2. The zero-order valence-corrected chi connectivity index (χ0v) is 12.0. The Bertz CT molecular complexity index is 454. The molecule has 92 valence electrons. The average Bonchev–Trinajstić information content (AvgIpc) is 2.64. The molecule has 17 heavy (non-hydrogen) atoms. The number of benzene rings is 1. The molecule has 0 aromatic heterocycles. The van der Waals surface area contributed by atoms with Crippen molar-refractivity contribution in [1.82, 2.24) is 4.90 Å². The van der Waals surface area contributed by atoms with Gasteiger partial charge in [-0.2, -0.15) is 0 Å². The van der Waals surface area contributed by atoms with Gasteiger partial charge in [0, 0.05) is 10.5 Å². The van der Waals surface area contributed by atoms with E-state index in [-0.39, 0.29) is 6.04 Å². The maximum Gasteiger partial charge on any atom is 0.192 e. The van der Waals surface area contributed by atoms with Gasteiger partial charge in [-0.05, 0) is 38.0 Å². The first-order valence-corrected chi connectivity index (χ1v) is 6.64. The summed E-state index contributed by atoms with van der Waals surface area (Å²) in [7, 11) is 0. The van der Waals surface area contributed by atoms with E-state index < -0.39 is 0 Å². The third kappa shape index (κ3) is 2.32. The van der Waals surface area contributed by atoms with Crippen LogP contribution in [0.3, 0.4) is 0 Å². The Balaban J connectivity index is 2.31. The highest BCUT2D eigenvalue weighted by Crippen LogP contribution is 2.29. The third-order valence-corrected chi connectivity index (χ3v) is 4.04. The van der Waals surface area contributed by atoms with Crippen molar-refractivity contribution < 1.29 is 0 Å². The van der Waals surface area contributed by atoms with Crippen LogP contribution in [0.5, 0.6) is 0 Å². The van der Waals surface area contributed by atoms with E-state index in [0.29, 0.717) is 12.0 Å². The summed E-state index contributed by atoms with van der Waals surface area (Å²) < 4.78 is 1.14. The quantitative estimate of drug-likeness (QED) is 0.912. The van der Waals surface area contributed by atoms with Crippen LogP contribution in [0.15, 0.2) is 27.7 Å². The molecule has 1 heterocycles. The minimum Gasteiger partial charge on any atom is -0.370 e. The van der Waals surface area contributed by atoms with Crippen LogP contribution < -0.4 is 5.73 Å². The monoisotopic (exact) mass is 295 g/mol. The molecular formula is C13H18BrN3. The van der Waals surface area contributed by atoms with Crippen molar-refractivity contribution in [3.05, 3.63) is 33.8 Å². The summed E-state index contributed by atoms with van der Waals surface area (Å²) in [6.45, 7) is 7.15. The summed E-state index contributed by atoms with van der Waals surface area (Å²) in [6.07, 6.45) is 0. The van der Waals surface area contributed by atoms with Crippen molar-refractivity contribution in [1.29, 1.82) is 0 Å². The van der Waals surface area contributed by atoms with E-state index in [1.165, 1.54) is 11.1 Å². The van der Waals surface area contributed by atoms with Gasteiger partial charge in [0.2, 0.25) is 0 Å². The molecule has 2 rings (SSSR count). The molecular weight excluding hydrogens is 278 g/mol. The van der Waals surface area contributed by atoms with E-state index in [1.807, 2.05) is 0 Å². The largest absolute Gasteiger partial charge is 0.370 e. The summed E-state index contributed by atoms with van der Waals surface area (Å²) in [4.78, 5) is 6.54. The Morgan fingerprint density at radius 3 is 2.76 bits per heavy atom. The van der Waals surface area contributed by atoms with E-state index >= 15 is 0 Å². The van der Waals surface area contributed by atoms with Gasteiger partial charge in [-0.25, -0.2) is 0 Å². The van der Waals surface area contributed by atoms with Gasteiger partial charge in [-0.15, -0.1) is 0 Å². The molecule has 3 nitrogen and oxygen atoms in total. The zero-order valence-electron chi connectivity index (χ0n) is 10.4. The van der Waals surface area contributed by atoms with Gasteiger partial charge >= 0.3 is 0 Å². The zero-order chi connectivity index (χ0) is 12.6. The van der Waals surface area contributed by atoms with Gasteiger partial charge in [-0.3, -0.25) is 4.99 Å². The van der Waals surface area contributed by atoms with Crippen LogP contribution in [0, 0.1) is 6.92 Å². The molecule has 1 aliphatic heterocycles. The van der Waals surface area contributed by atoms with Gasteiger partial charge in [0.05, 0.1) is 12.6 Å². The van der Waals surface area contributed by atoms with Gasteiger partial charge in [0.25, 0.3) is 0 Å². The average molecular weight is 296 g/mol. The molecule has 1 atom stereocenters. The Morgan fingerprint density at radius 2 is 2.18 bits per heavy atom. The molecule has 0 saturated carbocycles. The molecule has 1 unspecified atom stereocenters. The van der Waals surface area contributed by atoms with Crippen molar-refractivity contribution >= 4 is 21.9 Å². The molecule has 0 radical (unpaired) electrons. The number of guanidine groups is 1. The van der Waals surface area contributed by atoms with E-state index in [4.69, 9.17) is 5.73 Å². The molecule has 1 aromatic carbocycles. The lowest BCUT2D eigenvalue weighted by Crippen LogP contribution is -2.40. The number of hydrogen-bond donors (Lipinski definition) is 1. The molecule has 1 aromatic rings. The second kappa shape index (κ2) is 4.69. The molecule has 0 bridgehead atoms. The highest BCUT2D eigenvalue weighted by atomic mass is 79.9. The summed E-state index contributed by atoms with van der Waals surface area (Å²) in [6, 6.07) is 7.10. The molecule has 0 spiro atoms. The normalized spacial score (nSPS) is 19.9. The molecule has 0 amide bonds. The maximum absolute atomic E-state index is 5.94. The fraction of sp³-hybridized carbons (Fsp3) is 0.462. The van der Waals surface area contributed by atoms with Crippen LogP contribution in [0.25, 0.3) is 0 Å². The SMILES string of the molecule is Cc1cc(C2CN=C(N)N2C(C)C)ccc1Br. The van der Waals surface area contributed by atoms with Crippen molar-refractivity contribution in [2.75, 3.05) is 6.54 Å².